The van der Waals surface area contributed by atoms with Gasteiger partial charge in [0.15, 0.2) is 5.76 Å². The number of amides is 3. The molecule has 0 atom stereocenters. The smallest absolute Gasteiger partial charge is 0.334 e. The Balaban J connectivity index is 1.60. The molecule has 0 bridgehead atoms. The lowest BCUT2D eigenvalue weighted by atomic mass is 10.2. The van der Waals surface area contributed by atoms with E-state index in [-0.39, 0.29) is 53.3 Å². The molecule has 3 amide bonds. The number of piperazine rings is 1. The number of aryl methyl sites for hydroxylation is 1. The molecule has 2 heterocycles. The molecule has 1 saturated heterocycles. The van der Waals surface area contributed by atoms with Gasteiger partial charge in [-0.3, -0.25) is 4.79 Å². The number of rotatable bonds is 5. The van der Waals surface area contributed by atoms with Crippen LogP contribution >= 0.6 is 11.6 Å². The van der Waals surface area contributed by atoms with Gasteiger partial charge in [0.1, 0.15) is 5.82 Å². The van der Waals surface area contributed by atoms with E-state index in [1.807, 2.05) is 6.92 Å². The quantitative estimate of drug-likeness (QED) is 0.505. The van der Waals surface area contributed by atoms with Gasteiger partial charge in [0, 0.05) is 36.8 Å². The molecule has 3 aromatic rings. The molecule has 11 heteroatoms. The maximum Gasteiger partial charge on any atom is 0.334 e. The number of nitrogens with zero attached hydrogens (tertiary/aromatic N) is 3. The van der Waals surface area contributed by atoms with E-state index in [9.17, 15) is 22.4 Å². The number of sulfonamides is 1. The fourth-order valence-electron chi connectivity index (χ4n) is 3.73. The van der Waals surface area contributed by atoms with E-state index in [2.05, 4.69) is 0 Å². The topological polar surface area (TPSA) is 91.1 Å². The molecule has 8 nitrogen and oxygen atoms in total. The van der Waals surface area contributed by atoms with Crippen LogP contribution in [0.4, 0.5) is 9.18 Å². The first-order valence-electron chi connectivity index (χ1n) is 10.8. The maximum absolute atomic E-state index is 14.6. The summed E-state index contributed by atoms with van der Waals surface area (Å²) in [5.74, 6) is -0.852. The van der Waals surface area contributed by atoms with Crippen molar-refractivity contribution in [2.45, 2.75) is 18.4 Å². The van der Waals surface area contributed by atoms with Crippen molar-refractivity contribution >= 4 is 33.6 Å². The maximum atomic E-state index is 14.6. The summed E-state index contributed by atoms with van der Waals surface area (Å²) in [5, 5.41) is 0.00997. The van der Waals surface area contributed by atoms with Crippen molar-refractivity contribution in [2.75, 3.05) is 26.2 Å². The molecule has 0 N–H and O–H groups in total. The van der Waals surface area contributed by atoms with Crippen molar-refractivity contribution in [2.24, 2.45) is 0 Å². The van der Waals surface area contributed by atoms with Gasteiger partial charge in [-0.25, -0.2) is 21.9 Å². The van der Waals surface area contributed by atoms with Crippen LogP contribution in [0.2, 0.25) is 5.02 Å². The summed E-state index contributed by atoms with van der Waals surface area (Å²) in [5.41, 5.74) is 0.737. The van der Waals surface area contributed by atoms with Gasteiger partial charge in [0.2, 0.25) is 0 Å². The second-order valence-electron chi connectivity index (χ2n) is 8.06. The number of halogens is 2. The highest BCUT2D eigenvalue weighted by molar-refractivity contribution is 7.89. The first-order chi connectivity index (χ1) is 16.7. The third kappa shape index (κ3) is 5.18. The van der Waals surface area contributed by atoms with Crippen LogP contribution in [0.25, 0.3) is 0 Å². The fraction of sp³-hybridized carbons (Fsp3) is 0.250. The highest BCUT2D eigenvalue weighted by atomic mass is 35.5. The predicted octanol–water partition coefficient (Wildman–Crippen LogP) is 4.15. The van der Waals surface area contributed by atoms with Crippen LogP contribution in [0.3, 0.4) is 0 Å². The molecule has 1 aromatic heterocycles. The number of carbonyl (C=O) groups excluding carboxylic acids is 2. The van der Waals surface area contributed by atoms with Gasteiger partial charge in [0.05, 0.1) is 17.7 Å². The Kier molecular flexibility index (Phi) is 7.13. The van der Waals surface area contributed by atoms with Crippen LogP contribution in [0.15, 0.2) is 70.2 Å². The summed E-state index contributed by atoms with van der Waals surface area (Å²) in [6.07, 6.45) is 1.40. The summed E-state index contributed by atoms with van der Waals surface area (Å²) in [6, 6.07) is 12.3. The first-order valence-corrected chi connectivity index (χ1v) is 12.6. The Morgan fingerprint density at radius 1 is 1.00 bits per heavy atom. The van der Waals surface area contributed by atoms with Gasteiger partial charge < -0.3 is 14.2 Å². The van der Waals surface area contributed by atoms with Crippen molar-refractivity contribution < 1.29 is 26.8 Å². The van der Waals surface area contributed by atoms with Gasteiger partial charge >= 0.3 is 6.03 Å². The average Bonchev–Trinajstić information content (AvgIpc) is 3.38. The second-order valence-corrected chi connectivity index (χ2v) is 10.3. The van der Waals surface area contributed by atoms with Gasteiger partial charge in [0.25, 0.3) is 15.9 Å². The minimum atomic E-state index is -4.34. The zero-order valence-electron chi connectivity index (χ0n) is 18.9. The molecule has 1 aliphatic rings. The summed E-state index contributed by atoms with van der Waals surface area (Å²) < 4.78 is 47.4. The highest BCUT2D eigenvalue weighted by Crippen LogP contribution is 2.26. The summed E-state index contributed by atoms with van der Waals surface area (Å²) in [4.78, 5) is 28.8. The van der Waals surface area contributed by atoms with E-state index in [1.54, 1.807) is 24.3 Å². The lowest BCUT2D eigenvalue weighted by Gasteiger charge is -2.37. The zero-order chi connectivity index (χ0) is 25.2. The fourth-order valence-corrected chi connectivity index (χ4v) is 5.31. The predicted molar refractivity (Wildman–Crippen MR) is 127 cm³/mol. The standard InChI is InChI=1S/C24H23ClFN3O5S/c1-17-7-9-18(10-8-17)35(32,33)29(16-19-20(25)4-2-5-21(19)26)24(31)28-13-11-27(12-14-28)23(30)22-6-3-15-34-22/h2-10,15H,11-14,16H2,1H3. The molecule has 1 aliphatic heterocycles. The minimum absolute atomic E-state index is 0.00997. The Labute approximate surface area is 207 Å². The van der Waals surface area contributed by atoms with Crippen molar-refractivity contribution in [3.8, 4) is 0 Å². The van der Waals surface area contributed by atoms with Crippen LogP contribution in [-0.2, 0) is 16.6 Å². The van der Waals surface area contributed by atoms with Crippen LogP contribution in [0.5, 0.6) is 0 Å². The van der Waals surface area contributed by atoms with Crippen LogP contribution < -0.4 is 0 Å². The van der Waals surface area contributed by atoms with Crippen LogP contribution in [0, 0.1) is 12.7 Å². The number of benzene rings is 2. The van der Waals surface area contributed by atoms with Crippen molar-refractivity contribution in [3.05, 3.63) is 88.6 Å². The number of hydrogen-bond acceptors (Lipinski definition) is 5. The Morgan fingerprint density at radius 3 is 2.26 bits per heavy atom. The minimum Gasteiger partial charge on any atom is -0.459 e. The molecule has 0 unspecified atom stereocenters. The number of urea groups is 1. The molecule has 0 saturated carbocycles. The molecule has 35 heavy (non-hydrogen) atoms. The molecule has 0 spiro atoms. The Morgan fingerprint density at radius 2 is 1.66 bits per heavy atom. The third-order valence-corrected chi connectivity index (χ3v) is 7.84. The first kappa shape index (κ1) is 24.7. The molecular formula is C24H23ClFN3O5S. The molecule has 0 radical (unpaired) electrons. The van der Waals surface area contributed by atoms with E-state index in [1.165, 1.54) is 40.3 Å². The summed E-state index contributed by atoms with van der Waals surface area (Å²) in [7, 11) is -4.34. The molecule has 2 aromatic carbocycles. The average molecular weight is 520 g/mol. The number of carbonyl (C=O) groups is 2. The molecule has 4 rings (SSSR count). The summed E-state index contributed by atoms with van der Waals surface area (Å²) >= 11 is 6.14. The molecule has 184 valence electrons. The van der Waals surface area contributed by atoms with Gasteiger partial charge in [-0.15, -0.1) is 0 Å². The van der Waals surface area contributed by atoms with Gasteiger partial charge in [-0.05, 0) is 43.3 Å². The third-order valence-electron chi connectivity index (χ3n) is 5.76. The second kappa shape index (κ2) is 10.1. The van der Waals surface area contributed by atoms with Crippen molar-refractivity contribution in [1.29, 1.82) is 0 Å². The van der Waals surface area contributed by atoms with E-state index in [4.69, 9.17) is 16.0 Å². The highest BCUT2D eigenvalue weighted by Gasteiger charge is 2.36. The van der Waals surface area contributed by atoms with E-state index < -0.39 is 28.4 Å². The normalized spacial score (nSPS) is 14.1. The van der Waals surface area contributed by atoms with E-state index in [0.29, 0.717) is 4.31 Å². The number of furan rings is 1. The zero-order valence-corrected chi connectivity index (χ0v) is 20.4. The lowest BCUT2D eigenvalue weighted by Crippen LogP contribution is -2.54. The molecular weight excluding hydrogens is 497 g/mol. The number of hydrogen-bond donors (Lipinski definition) is 0. The van der Waals surface area contributed by atoms with Gasteiger partial charge in [-0.1, -0.05) is 35.4 Å². The largest absolute Gasteiger partial charge is 0.459 e. The summed E-state index contributed by atoms with van der Waals surface area (Å²) in [6.45, 7) is 1.79. The van der Waals surface area contributed by atoms with Crippen molar-refractivity contribution in [1.82, 2.24) is 14.1 Å². The van der Waals surface area contributed by atoms with Crippen molar-refractivity contribution in [3.63, 3.8) is 0 Å². The van der Waals surface area contributed by atoms with Gasteiger partial charge in [-0.2, -0.15) is 0 Å². The van der Waals surface area contributed by atoms with E-state index in [0.717, 1.165) is 11.6 Å². The Bertz CT molecular complexity index is 1300. The Hall–Kier alpha value is -3.37. The lowest BCUT2D eigenvalue weighted by molar-refractivity contribution is 0.0623. The molecule has 0 aliphatic carbocycles. The monoisotopic (exact) mass is 519 g/mol. The van der Waals surface area contributed by atoms with E-state index >= 15 is 0 Å². The molecule has 1 fully saturated rings. The van der Waals surface area contributed by atoms with Crippen LogP contribution in [0.1, 0.15) is 21.7 Å². The SMILES string of the molecule is Cc1ccc(S(=O)(=O)N(Cc2c(F)cccc2Cl)C(=O)N2CCN(C(=O)c3ccco3)CC2)cc1. The van der Waals surface area contributed by atoms with Crippen LogP contribution in [-0.4, -0.2) is 60.6 Å².